The molecule has 0 fully saturated rings. The molecule has 0 saturated carbocycles. The number of rotatable bonds is 8. The number of ketones is 1. The number of hydrogen-bond acceptors (Lipinski definition) is 8. The van der Waals surface area contributed by atoms with E-state index >= 15 is 0 Å². The van der Waals surface area contributed by atoms with Gasteiger partial charge in [0.25, 0.3) is 11.4 Å². The number of carbonyl (C=O) groups is 2. The molecule has 0 unspecified atom stereocenters. The molecule has 31 heavy (non-hydrogen) atoms. The summed E-state index contributed by atoms with van der Waals surface area (Å²) in [5, 5.41) is 25.6. The van der Waals surface area contributed by atoms with Crippen LogP contribution in [0.4, 0.5) is 11.4 Å². The summed E-state index contributed by atoms with van der Waals surface area (Å²) in [4.78, 5) is 49.0. The summed E-state index contributed by atoms with van der Waals surface area (Å²) in [5.74, 6) is -1.01. The average molecular weight is 429 g/mol. The zero-order chi connectivity index (χ0) is 23.6. The minimum absolute atomic E-state index is 0.0245. The molecule has 164 valence electrons. The van der Waals surface area contributed by atoms with Crippen molar-refractivity contribution in [3.05, 3.63) is 68.3 Å². The number of hydrogen-bond donors (Lipinski definition) is 0. The molecule has 0 atom stereocenters. The minimum Gasteiger partial charge on any atom is -0.318 e. The highest BCUT2D eigenvalue weighted by Gasteiger charge is 2.21. The third-order valence-corrected chi connectivity index (χ3v) is 3.91. The Morgan fingerprint density at radius 2 is 1.61 bits per heavy atom. The third kappa shape index (κ3) is 6.81. The Labute approximate surface area is 178 Å². The van der Waals surface area contributed by atoms with Crippen LogP contribution in [0.1, 0.15) is 50.9 Å². The number of non-ortho nitro benzene ring substituents is 1. The fourth-order valence-electron chi connectivity index (χ4n) is 2.45. The highest BCUT2D eigenvalue weighted by Crippen LogP contribution is 2.33. The van der Waals surface area contributed by atoms with Crippen LogP contribution in [0.15, 0.2) is 47.6 Å². The molecule has 0 aliphatic rings. The highest BCUT2D eigenvalue weighted by atomic mass is 16.7. The molecule has 0 radical (unpaired) electrons. The normalized spacial score (nSPS) is 10.5. The smallest absolute Gasteiger partial charge is 0.318 e. The summed E-state index contributed by atoms with van der Waals surface area (Å²) in [6.45, 7) is 7.20. The van der Waals surface area contributed by atoms with Gasteiger partial charge in [0.15, 0.2) is 0 Å². The van der Waals surface area contributed by atoms with Gasteiger partial charge in [0, 0.05) is 18.1 Å². The molecule has 2 rings (SSSR count). The van der Waals surface area contributed by atoms with Gasteiger partial charge < -0.3 is 4.84 Å². The number of benzene rings is 2. The van der Waals surface area contributed by atoms with Crippen LogP contribution in [0.25, 0.3) is 11.1 Å². The molecule has 10 heteroatoms. The molecule has 2 aromatic rings. The van der Waals surface area contributed by atoms with E-state index in [0.717, 1.165) is 6.07 Å². The molecule has 0 heterocycles. The van der Waals surface area contributed by atoms with E-state index in [9.17, 15) is 29.8 Å². The number of nitrogens with zero attached hydrogens (tertiary/aromatic N) is 3. The second kappa shape index (κ2) is 11.9. The zero-order valence-corrected chi connectivity index (χ0v) is 17.7. The van der Waals surface area contributed by atoms with Crippen LogP contribution in [-0.2, 0) is 9.63 Å². The van der Waals surface area contributed by atoms with Gasteiger partial charge in [-0.3, -0.25) is 25.0 Å². The van der Waals surface area contributed by atoms with Crippen LogP contribution in [0.2, 0.25) is 0 Å². The molecule has 0 aromatic heterocycles. The van der Waals surface area contributed by atoms with Crippen LogP contribution in [0.3, 0.4) is 0 Å². The SMILES string of the molecule is CC.CCCC(=O)O/N=C(/C)C(=O)c1ccc(-c2ccc([N+](=O)[O-])cc2[N+](=O)[O-])cc1. The second-order valence-corrected chi connectivity index (χ2v) is 6.01. The molecule has 2 aromatic carbocycles. The van der Waals surface area contributed by atoms with E-state index in [-0.39, 0.29) is 23.3 Å². The van der Waals surface area contributed by atoms with Crippen LogP contribution in [0, 0.1) is 20.2 Å². The summed E-state index contributed by atoms with van der Waals surface area (Å²) in [6, 6.07) is 9.19. The minimum atomic E-state index is -0.714. The van der Waals surface area contributed by atoms with Gasteiger partial charge >= 0.3 is 5.97 Å². The van der Waals surface area contributed by atoms with Crippen LogP contribution in [0.5, 0.6) is 0 Å². The van der Waals surface area contributed by atoms with Crippen LogP contribution >= 0.6 is 0 Å². The van der Waals surface area contributed by atoms with Crippen molar-refractivity contribution in [2.75, 3.05) is 0 Å². The predicted octanol–water partition coefficient (Wildman–Crippen LogP) is 5.10. The second-order valence-electron chi connectivity index (χ2n) is 6.01. The molecule has 0 saturated heterocycles. The van der Waals surface area contributed by atoms with E-state index < -0.39 is 33.0 Å². The number of Topliss-reactive ketones (excluding diaryl/α,β-unsaturated/α-hetero) is 1. The van der Waals surface area contributed by atoms with E-state index in [1.165, 1.54) is 43.3 Å². The van der Waals surface area contributed by atoms with Gasteiger partial charge in [-0.2, -0.15) is 0 Å². The van der Waals surface area contributed by atoms with Gasteiger partial charge in [-0.1, -0.05) is 50.2 Å². The van der Waals surface area contributed by atoms with Crippen molar-refractivity contribution in [1.29, 1.82) is 0 Å². The van der Waals surface area contributed by atoms with Crippen molar-refractivity contribution in [3.8, 4) is 11.1 Å². The van der Waals surface area contributed by atoms with Crippen molar-refractivity contribution in [1.82, 2.24) is 0 Å². The van der Waals surface area contributed by atoms with Gasteiger partial charge in [-0.05, 0) is 25.0 Å². The molecule has 0 aliphatic carbocycles. The summed E-state index contributed by atoms with van der Waals surface area (Å²) < 4.78 is 0. The lowest BCUT2D eigenvalue weighted by Gasteiger charge is -2.05. The van der Waals surface area contributed by atoms with E-state index in [4.69, 9.17) is 0 Å². The first-order chi connectivity index (χ1) is 14.7. The van der Waals surface area contributed by atoms with Crippen LogP contribution < -0.4 is 0 Å². The first kappa shape index (κ1) is 25.1. The largest absolute Gasteiger partial charge is 0.335 e. The van der Waals surface area contributed by atoms with Crippen molar-refractivity contribution >= 4 is 28.8 Å². The Kier molecular flexibility index (Phi) is 9.64. The van der Waals surface area contributed by atoms with Gasteiger partial charge in [0.05, 0.1) is 21.5 Å². The first-order valence-corrected chi connectivity index (χ1v) is 9.57. The lowest BCUT2D eigenvalue weighted by atomic mass is 9.99. The van der Waals surface area contributed by atoms with Gasteiger partial charge in [-0.15, -0.1) is 0 Å². The first-order valence-electron chi connectivity index (χ1n) is 9.57. The summed E-state index contributed by atoms with van der Waals surface area (Å²) >= 11 is 0. The Balaban J connectivity index is 0.00000233. The average Bonchev–Trinajstić information content (AvgIpc) is 2.78. The van der Waals surface area contributed by atoms with Crippen molar-refractivity contribution in [3.63, 3.8) is 0 Å². The highest BCUT2D eigenvalue weighted by molar-refractivity contribution is 6.45. The van der Waals surface area contributed by atoms with E-state index in [1.807, 2.05) is 13.8 Å². The quantitative estimate of drug-likeness (QED) is 0.187. The van der Waals surface area contributed by atoms with Gasteiger partial charge in [-0.25, -0.2) is 4.79 Å². The molecule has 0 aliphatic heterocycles. The fraction of sp³-hybridized carbons (Fsp3) is 0.286. The number of nitro benzene ring substituents is 2. The molecule has 10 nitrogen and oxygen atoms in total. The lowest BCUT2D eigenvalue weighted by molar-refractivity contribution is -0.393. The van der Waals surface area contributed by atoms with E-state index in [0.29, 0.717) is 12.0 Å². The molecular weight excluding hydrogens is 406 g/mol. The molecule has 0 bridgehead atoms. The van der Waals surface area contributed by atoms with Gasteiger partial charge in [0.2, 0.25) is 5.78 Å². The number of carbonyl (C=O) groups excluding carboxylic acids is 2. The molecular formula is C21H23N3O7. The van der Waals surface area contributed by atoms with E-state index in [1.54, 1.807) is 6.92 Å². The Bertz CT molecular complexity index is 999. The number of oxime groups is 1. The van der Waals surface area contributed by atoms with Crippen LogP contribution in [-0.4, -0.2) is 27.3 Å². The maximum absolute atomic E-state index is 12.4. The Morgan fingerprint density at radius 1 is 1.00 bits per heavy atom. The monoisotopic (exact) mass is 429 g/mol. The summed E-state index contributed by atoms with van der Waals surface area (Å²) in [6.07, 6.45) is 0.783. The summed E-state index contributed by atoms with van der Waals surface area (Å²) in [7, 11) is 0. The number of nitro groups is 2. The van der Waals surface area contributed by atoms with Crippen molar-refractivity contribution < 1.29 is 24.3 Å². The van der Waals surface area contributed by atoms with Crippen molar-refractivity contribution in [2.45, 2.75) is 40.5 Å². The third-order valence-electron chi connectivity index (χ3n) is 3.91. The van der Waals surface area contributed by atoms with Crippen molar-refractivity contribution in [2.24, 2.45) is 5.16 Å². The Hall–Kier alpha value is -3.95. The topological polar surface area (TPSA) is 142 Å². The molecule has 0 N–H and O–H groups in total. The maximum Gasteiger partial charge on any atom is 0.335 e. The Morgan fingerprint density at radius 3 is 2.13 bits per heavy atom. The van der Waals surface area contributed by atoms with E-state index in [2.05, 4.69) is 9.99 Å². The molecule has 0 amide bonds. The lowest BCUT2D eigenvalue weighted by Crippen LogP contribution is -2.12. The molecule has 0 spiro atoms. The zero-order valence-electron chi connectivity index (χ0n) is 17.7. The fourth-order valence-corrected chi connectivity index (χ4v) is 2.45. The maximum atomic E-state index is 12.4. The predicted molar refractivity (Wildman–Crippen MR) is 115 cm³/mol. The standard InChI is InChI=1S/C19H17N3O7.C2H6/c1-3-4-18(23)29-20-12(2)19(24)14-7-5-13(6-8-14)16-10-9-15(21(25)26)11-17(16)22(27)28;1-2/h5-11H,3-4H2,1-2H3;1-2H3/b20-12-;. The summed E-state index contributed by atoms with van der Waals surface area (Å²) in [5.41, 5.74) is -0.00391. The van der Waals surface area contributed by atoms with Gasteiger partial charge in [0.1, 0.15) is 5.71 Å².